The number of carbonyl (C=O) groups is 1. The van der Waals surface area contributed by atoms with Crippen LogP contribution in [0.25, 0.3) is 0 Å². The Morgan fingerprint density at radius 2 is 1.95 bits per heavy atom. The van der Waals surface area contributed by atoms with E-state index in [9.17, 15) is 4.79 Å². The first-order valence-corrected chi connectivity index (χ1v) is 6.97. The predicted molar refractivity (Wildman–Crippen MR) is 73.1 cm³/mol. The average molecular weight is 260 g/mol. The average Bonchev–Trinajstić information content (AvgIpc) is 3.02. The van der Waals surface area contributed by atoms with Crippen LogP contribution in [-0.4, -0.2) is 37.0 Å². The predicted octanol–water partition coefficient (Wildman–Crippen LogP) is 1.51. The van der Waals surface area contributed by atoms with Crippen LogP contribution in [0.5, 0.6) is 5.75 Å². The maximum absolute atomic E-state index is 10.9. The molecular weight excluding hydrogens is 240 g/mol. The number of piperidine rings is 1. The largest absolute Gasteiger partial charge is 0.494 e. The van der Waals surface area contributed by atoms with Crippen LogP contribution in [0.1, 0.15) is 23.2 Å². The maximum atomic E-state index is 10.9. The summed E-state index contributed by atoms with van der Waals surface area (Å²) in [7, 11) is 0. The fourth-order valence-electron chi connectivity index (χ4n) is 2.87. The monoisotopic (exact) mass is 260 g/mol. The lowest BCUT2D eigenvalue weighted by atomic mass is 10.2. The van der Waals surface area contributed by atoms with Gasteiger partial charge in [0.05, 0.1) is 6.61 Å². The van der Waals surface area contributed by atoms with Crippen LogP contribution in [0.3, 0.4) is 0 Å². The van der Waals surface area contributed by atoms with E-state index in [-0.39, 0.29) is 0 Å². The summed E-state index contributed by atoms with van der Waals surface area (Å²) in [5.74, 6) is 2.40. The van der Waals surface area contributed by atoms with Gasteiger partial charge in [-0.25, -0.2) is 0 Å². The second-order valence-corrected chi connectivity index (χ2v) is 5.61. The van der Waals surface area contributed by atoms with E-state index in [4.69, 9.17) is 10.5 Å². The summed E-state index contributed by atoms with van der Waals surface area (Å²) in [4.78, 5) is 13.5. The summed E-state index contributed by atoms with van der Waals surface area (Å²) in [6.45, 7) is 4.43. The molecule has 19 heavy (non-hydrogen) atoms. The first-order valence-electron chi connectivity index (χ1n) is 6.97. The molecule has 1 saturated heterocycles. The Balaban J connectivity index is 1.36. The van der Waals surface area contributed by atoms with Crippen LogP contribution >= 0.6 is 0 Å². The molecule has 0 spiro atoms. The highest BCUT2D eigenvalue weighted by molar-refractivity contribution is 5.92. The number of hydrogen-bond acceptors (Lipinski definition) is 3. The van der Waals surface area contributed by atoms with Crippen molar-refractivity contribution in [2.24, 2.45) is 17.6 Å². The molecule has 1 heterocycles. The minimum atomic E-state index is -0.404. The van der Waals surface area contributed by atoms with Crippen LogP contribution in [0.2, 0.25) is 0 Å². The zero-order valence-electron chi connectivity index (χ0n) is 11.0. The lowest BCUT2D eigenvalue weighted by Crippen LogP contribution is -2.25. The summed E-state index contributed by atoms with van der Waals surface area (Å²) in [6, 6.07) is 6.99. The molecule has 4 nitrogen and oxygen atoms in total. The number of nitrogens with two attached hydrogens (primary N) is 1. The molecule has 102 valence electrons. The van der Waals surface area contributed by atoms with Crippen molar-refractivity contribution in [2.45, 2.75) is 12.8 Å². The van der Waals surface area contributed by atoms with Crippen molar-refractivity contribution < 1.29 is 9.53 Å². The van der Waals surface area contributed by atoms with Gasteiger partial charge in [-0.2, -0.15) is 0 Å². The van der Waals surface area contributed by atoms with Crippen LogP contribution in [0, 0.1) is 11.8 Å². The Kier molecular flexibility index (Phi) is 3.42. The van der Waals surface area contributed by atoms with Gasteiger partial charge in [0.25, 0.3) is 0 Å². The molecule has 3 rings (SSSR count). The van der Waals surface area contributed by atoms with Gasteiger partial charge in [0.1, 0.15) is 5.75 Å². The second kappa shape index (κ2) is 5.21. The third kappa shape index (κ3) is 3.07. The van der Waals surface area contributed by atoms with Crippen molar-refractivity contribution in [1.82, 2.24) is 4.90 Å². The van der Waals surface area contributed by atoms with Gasteiger partial charge in [-0.1, -0.05) is 0 Å². The molecule has 1 saturated carbocycles. The zero-order valence-corrected chi connectivity index (χ0v) is 11.0. The molecule has 1 aliphatic heterocycles. The summed E-state index contributed by atoms with van der Waals surface area (Å²) < 4.78 is 5.66. The SMILES string of the molecule is NC(=O)c1ccc(OCCCN2C[C@H]3C[C@H]3C2)cc1. The Labute approximate surface area is 113 Å². The molecule has 0 aromatic heterocycles. The Bertz CT molecular complexity index is 448. The highest BCUT2D eigenvalue weighted by Crippen LogP contribution is 2.44. The van der Waals surface area contributed by atoms with E-state index < -0.39 is 5.91 Å². The first-order chi connectivity index (χ1) is 9.22. The number of amides is 1. The molecule has 0 unspecified atom stereocenters. The van der Waals surface area contributed by atoms with Crippen LogP contribution < -0.4 is 10.5 Å². The number of likely N-dealkylation sites (tertiary alicyclic amines) is 1. The van der Waals surface area contributed by atoms with Gasteiger partial charge in [0.2, 0.25) is 5.91 Å². The van der Waals surface area contributed by atoms with Gasteiger partial charge in [0, 0.05) is 25.2 Å². The smallest absolute Gasteiger partial charge is 0.248 e. The standard InChI is InChI=1S/C15H20N2O2/c16-15(18)11-2-4-14(5-3-11)19-7-1-6-17-9-12-8-13(12)10-17/h2-5,12-13H,1,6-10H2,(H2,16,18)/t12-,13+. The number of rotatable bonds is 6. The molecule has 2 fully saturated rings. The zero-order chi connectivity index (χ0) is 13.2. The van der Waals surface area contributed by atoms with E-state index in [2.05, 4.69) is 4.90 Å². The number of hydrogen-bond donors (Lipinski definition) is 1. The Hall–Kier alpha value is -1.55. The molecule has 4 heteroatoms. The molecule has 1 aromatic carbocycles. The third-order valence-electron chi connectivity index (χ3n) is 4.08. The van der Waals surface area contributed by atoms with Crippen molar-refractivity contribution in [2.75, 3.05) is 26.2 Å². The molecule has 0 radical (unpaired) electrons. The molecule has 0 bridgehead atoms. The van der Waals surface area contributed by atoms with Crippen LogP contribution in [-0.2, 0) is 0 Å². The Morgan fingerprint density at radius 1 is 1.26 bits per heavy atom. The summed E-state index contributed by atoms with van der Waals surface area (Å²) >= 11 is 0. The van der Waals surface area contributed by atoms with Gasteiger partial charge < -0.3 is 15.4 Å². The molecular formula is C15H20N2O2. The highest BCUT2D eigenvalue weighted by Gasteiger charge is 2.44. The molecule has 2 aliphatic rings. The number of primary amides is 1. The lowest BCUT2D eigenvalue weighted by molar-refractivity contribution is 0.100. The number of nitrogens with zero attached hydrogens (tertiary/aromatic N) is 1. The van der Waals surface area contributed by atoms with Crippen LogP contribution in [0.15, 0.2) is 24.3 Å². The minimum Gasteiger partial charge on any atom is -0.494 e. The van der Waals surface area contributed by atoms with E-state index in [1.807, 2.05) is 0 Å². The van der Waals surface area contributed by atoms with Crippen molar-refractivity contribution in [1.29, 1.82) is 0 Å². The maximum Gasteiger partial charge on any atom is 0.248 e. The fraction of sp³-hybridized carbons (Fsp3) is 0.533. The molecule has 2 N–H and O–H groups in total. The summed E-state index contributed by atoms with van der Waals surface area (Å²) in [6.07, 6.45) is 2.51. The van der Waals surface area contributed by atoms with Crippen molar-refractivity contribution in [3.05, 3.63) is 29.8 Å². The van der Waals surface area contributed by atoms with Gasteiger partial charge >= 0.3 is 0 Å². The van der Waals surface area contributed by atoms with E-state index in [0.717, 1.165) is 37.2 Å². The summed E-state index contributed by atoms with van der Waals surface area (Å²) in [5, 5.41) is 0. The quantitative estimate of drug-likeness (QED) is 0.789. The summed E-state index contributed by atoms with van der Waals surface area (Å²) in [5.41, 5.74) is 5.70. The van der Waals surface area contributed by atoms with Gasteiger partial charge in [-0.05, 0) is 48.9 Å². The molecule has 2 atom stereocenters. The van der Waals surface area contributed by atoms with E-state index in [0.29, 0.717) is 5.56 Å². The lowest BCUT2D eigenvalue weighted by Gasteiger charge is -2.17. The number of fused-ring (bicyclic) bond motifs is 1. The second-order valence-electron chi connectivity index (χ2n) is 5.61. The van der Waals surface area contributed by atoms with Crippen molar-refractivity contribution in [3.8, 4) is 5.75 Å². The van der Waals surface area contributed by atoms with E-state index in [1.54, 1.807) is 24.3 Å². The Morgan fingerprint density at radius 3 is 2.58 bits per heavy atom. The fourth-order valence-corrected chi connectivity index (χ4v) is 2.87. The number of ether oxygens (including phenoxy) is 1. The van der Waals surface area contributed by atoms with Gasteiger partial charge in [-0.15, -0.1) is 0 Å². The van der Waals surface area contributed by atoms with Crippen LogP contribution in [0.4, 0.5) is 0 Å². The van der Waals surface area contributed by atoms with Crippen molar-refractivity contribution >= 4 is 5.91 Å². The molecule has 1 amide bonds. The number of benzene rings is 1. The highest BCUT2D eigenvalue weighted by atomic mass is 16.5. The number of carbonyl (C=O) groups excluding carboxylic acids is 1. The molecule has 1 aromatic rings. The van der Waals surface area contributed by atoms with Gasteiger partial charge in [0.15, 0.2) is 0 Å². The third-order valence-corrected chi connectivity index (χ3v) is 4.08. The van der Waals surface area contributed by atoms with E-state index in [1.165, 1.54) is 19.5 Å². The minimum absolute atomic E-state index is 0.404. The topological polar surface area (TPSA) is 55.6 Å². The first kappa shape index (κ1) is 12.5. The normalized spacial score (nSPS) is 25.1. The van der Waals surface area contributed by atoms with Gasteiger partial charge in [-0.3, -0.25) is 4.79 Å². The van der Waals surface area contributed by atoms with E-state index >= 15 is 0 Å². The van der Waals surface area contributed by atoms with Crippen molar-refractivity contribution in [3.63, 3.8) is 0 Å². The molecule has 1 aliphatic carbocycles.